The van der Waals surface area contributed by atoms with Crippen molar-refractivity contribution in [1.29, 1.82) is 0 Å². The minimum Gasteiger partial charge on any atom is -0.465 e. The first kappa shape index (κ1) is 16.2. The standard InChI is InChI=1S/C16H15ClN4O3/c1-8-5-10(15(22)23-4)6-9(2)12(8)24-14-11-7-21(3)20-13(11)18-16(17)19-14/h5-7H,1-4H3. The molecule has 0 unspecified atom stereocenters. The van der Waals surface area contributed by atoms with Crippen LogP contribution in [-0.4, -0.2) is 32.8 Å². The highest BCUT2D eigenvalue weighted by atomic mass is 35.5. The Bertz CT molecular complexity index is 929. The van der Waals surface area contributed by atoms with Crippen LogP contribution in [0, 0.1) is 13.8 Å². The van der Waals surface area contributed by atoms with Crippen LogP contribution in [0.2, 0.25) is 5.28 Å². The predicted molar refractivity (Wildman–Crippen MR) is 88.6 cm³/mol. The van der Waals surface area contributed by atoms with Crippen LogP contribution in [0.1, 0.15) is 21.5 Å². The first-order valence-electron chi connectivity index (χ1n) is 7.13. The number of halogens is 1. The molecule has 7 nitrogen and oxygen atoms in total. The SMILES string of the molecule is COC(=O)c1cc(C)c(Oc2nc(Cl)nc3nn(C)cc23)c(C)c1. The molecule has 0 aliphatic rings. The van der Waals surface area contributed by atoms with E-state index in [1.54, 1.807) is 30.1 Å². The summed E-state index contributed by atoms with van der Waals surface area (Å²) in [6.45, 7) is 3.69. The Labute approximate surface area is 143 Å². The van der Waals surface area contributed by atoms with Gasteiger partial charge in [-0.2, -0.15) is 15.1 Å². The molecule has 24 heavy (non-hydrogen) atoms. The summed E-state index contributed by atoms with van der Waals surface area (Å²) in [5.41, 5.74) is 2.48. The summed E-state index contributed by atoms with van der Waals surface area (Å²) >= 11 is 5.95. The average Bonchev–Trinajstić information content (AvgIpc) is 2.89. The van der Waals surface area contributed by atoms with Crippen molar-refractivity contribution in [2.75, 3.05) is 7.11 Å². The molecule has 0 amide bonds. The van der Waals surface area contributed by atoms with Crippen LogP contribution in [0.4, 0.5) is 0 Å². The number of carbonyl (C=O) groups is 1. The van der Waals surface area contributed by atoms with Gasteiger partial charge in [0.2, 0.25) is 11.2 Å². The van der Waals surface area contributed by atoms with Gasteiger partial charge in [-0.05, 0) is 48.7 Å². The van der Waals surface area contributed by atoms with Gasteiger partial charge in [0, 0.05) is 13.2 Å². The van der Waals surface area contributed by atoms with E-state index in [4.69, 9.17) is 21.1 Å². The smallest absolute Gasteiger partial charge is 0.337 e. The molecule has 124 valence electrons. The minimum absolute atomic E-state index is 0.0534. The van der Waals surface area contributed by atoms with E-state index in [0.717, 1.165) is 11.1 Å². The largest absolute Gasteiger partial charge is 0.465 e. The average molecular weight is 347 g/mol. The number of methoxy groups -OCH3 is 1. The second-order valence-corrected chi connectivity index (χ2v) is 5.71. The van der Waals surface area contributed by atoms with Gasteiger partial charge < -0.3 is 9.47 Å². The number of benzene rings is 1. The zero-order valence-corrected chi connectivity index (χ0v) is 14.4. The first-order chi connectivity index (χ1) is 11.4. The molecule has 2 heterocycles. The van der Waals surface area contributed by atoms with Gasteiger partial charge in [-0.25, -0.2) is 4.79 Å². The van der Waals surface area contributed by atoms with Crippen molar-refractivity contribution in [2.45, 2.75) is 13.8 Å². The third-order valence-electron chi connectivity index (χ3n) is 3.51. The number of nitrogens with zero attached hydrogens (tertiary/aromatic N) is 4. The Balaban J connectivity index is 2.07. The Morgan fingerprint density at radius 2 is 1.88 bits per heavy atom. The van der Waals surface area contributed by atoms with Gasteiger partial charge in [0.1, 0.15) is 11.1 Å². The number of fused-ring (bicyclic) bond motifs is 1. The van der Waals surface area contributed by atoms with Crippen LogP contribution in [0.25, 0.3) is 11.0 Å². The monoisotopic (exact) mass is 346 g/mol. The van der Waals surface area contributed by atoms with Crippen molar-refractivity contribution < 1.29 is 14.3 Å². The maximum Gasteiger partial charge on any atom is 0.337 e. The number of carbonyl (C=O) groups excluding carboxylic acids is 1. The number of ether oxygens (including phenoxy) is 2. The molecule has 0 spiro atoms. The van der Waals surface area contributed by atoms with E-state index < -0.39 is 5.97 Å². The molecule has 3 rings (SSSR count). The van der Waals surface area contributed by atoms with Crippen molar-refractivity contribution in [1.82, 2.24) is 19.7 Å². The van der Waals surface area contributed by atoms with E-state index in [2.05, 4.69) is 15.1 Å². The molecule has 0 fully saturated rings. The molecule has 0 N–H and O–H groups in total. The highest BCUT2D eigenvalue weighted by molar-refractivity contribution is 6.28. The summed E-state index contributed by atoms with van der Waals surface area (Å²) in [4.78, 5) is 19.9. The number of esters is 1. The highest BCUT2D eigenvalue weighted by Gasteiger charge is 2.16. The Morgan fingerprint density at radius 3 is 2.50 bits per heavy atom. The summed E-state index contributed by atoms with van der Waals surface area (Å²) in [6, 6.07) is 3.41. The summed E-state index contributed by atoms with van der Waals surface area (Å²) in [5.74, 6) is 0.519. The molecule has 0 saturated heterocycles. The fourth-order valence-corrected chi connectivity index (χ4v) is 2.64. The van der Waals surface area contributed by atoms with Crippen molar-refractivity contribution in [3.63, 3.8) is 0 Å². The summed E-state index contributed by atoms with van der Waals surface area (Å²) < 4.78 is 12.3. The summed E-state index contributed by atoms with van der Waals surface area (Å²) in [5, 5.41) is 4.91. The van der Waals surface area contributed by atoms with Crippen molar-refractivity contribution in [3.8, 4) is 11.6 Å². The quantitative estimate of drug-likeness (QED) is 0.535. The molecule has 0 saturated carbocycles. The topological polar surface area (TPSA) is 79.1 Å². The van der Waals surface area contributed by atoms with Crippen LogP contribution in [0.5, 0.6) is 11.6 Å². The molecule has 8 heteroatoms. The molecule has 0 aliphatic carbocycles. The number of aryl methyl sites for hydroxylation is 3. The Hall–Kier alpha value is -2.67. The molecule has 0 aliphatic heterocycles. The van der Waals surface area contributed by atoms with Gasteiger partial charge in [-0.1, -0.05) is 0 Å². The third kappa shape index (κ3) is 2.90. The van der Waals surface area contributed by atoms with Crippen LogP contribution >= 0.6 is 11.6 Å². The van der Waals surface area contributed by atoms with E-state index in [0.29, 0.717) is 28.2 Å². The van der Waals surface area contributed by atoms with Crippen LogP contribution in [0.3, 0.4) is 0 Å². The lowest BCUT2D eigenvalue weighted by Gasteiger charge is -2.13. The van der Waals surface area contributed by atoms with E-state index in [1.807, 2.05) is 13.8 Å². The van der Waals surface area contributed by atoms with Crippen molar-refractivity contribution >= 4 is 28.6 Å². The molecule has 3 aromatic rings. The fourth-order valence-electron chi connectivity index (χ4n) is 2.49. The lowest BCUT2D eigenvalue weighted by Crippen LogP contribution is -2.03. The number of hydrogen-bond acceptors (Lipinski definition) is 6. The van der Waals surface area contributed by atoms with E-state index >= 15 is 0 Å². The zero-order valence-electron chi connectivity index (χ0n) is 13.6. The summed E-state index contributed by atoms with van der Waals surface area (Å²) in [6.07, 6.45) is 1.76. The zero-order chi connectivity index (χ0) is 17.4. The van der Waals surface area contributed by atoms with E-state index in [-0.39, 0.29) is 5.28 Å². The number of rotatable bonds is 3. The maximum absolute atomic E-state index is 11.7. The van der Waals surface area contributed by atoms with Gasteiger partial charge in [-0.3, -0.25) is 4.68 Å². The normalized spacial score (nSPS) is 10.9. The number of aromatic nitrogens is 4. The second-order valence-electron chi connectivity index (χ2n) is 5.37. The third-order valence-corrected chi connectivity index (χ3v) is 3.68. The lowest BCUT2D eigenvalue weighted by molar-refractivity contribution is 0.0600. The highest BCUT2D eigenvalue weighted by Crippen LogP contribution is 2.33. The second kappa shape index (κ2) is 6.09. The molecular formula is C16H15ClN4O3. The van der Waals surface area contributed by atoms with Gasteiger partial charge >= 0.3 is 5.97 Å². The fraction of sp³-hybridized carbons (Fsp3) is 0.250. The van der Waals surface area contributed by atoms with Gasteiger partial charge in [0.15, 0.2) is 5.65 Å². The predicted octanol–water partition coefficient (Wildman–Crippen LogP) is 3.21. The van der Waals surface area contributed by atoms with E-state index in [1.165, 1.54) is 7.11 Å². The molecule has 0 bridgehead atoms. The van der Waals surface area contributed by atoms with Crippen molar-refractivity contribution in [3.05, 3.63) is 40.3 Å². The van der Waals surface area contributed by atoms with Crippen molar-refractivity contribution in [2.24, 2.45) is 7.05 Å². The number of hydrogen-bond donors (Lipinski definition) is 0. The van der Waals surface area contributed by atoms with Gasteiger partial charge in [0.25, 0.3) is 0 Å². The van der Waals surface area contributed by atoms with Gasteiger partial charge in [0.05, 0.1) is 12.7 Å². The maximum atomic E-state index is 11.7. The molecule has 1 aromatic carbocycles. The molecule has 2 aromatic heterocycles. The van der Waals surface area contributed by atoms with Gasteiger partial charge in [-0.15, -0.1) is 0 Å². The Morgan fingerprint density at radius 1 is 1.21 bits per heavy atom. The minimum atomic E-state index is -0.396. The van der Waals surface area contributed by atoms with Crippen LogP contribution in [0.15, 0.2) is 18.3 Å². The molecular weight excluding hydrogens is 332 g/mol. The van der Waals surface area contributed by atoms with Crippen LogP contribution in [-0.2, 0) is 11.8 Å². The first-order valence-corrected chi connectivity index (χ1v) is 7.51. The Kier molecular flexibility index (Phi) is 4.11. The molecule has 0 atom stereocenters. The van der Waals surface area contributed by atoms with Crippen LogP contribution < -0.4 is 4.74 Å². The summed E-state index contributed by atoms with van der Waals surface area (Å²) in [7, 11) is 3.13. The molecule has 0 radical (unpaired) electrons. The lowest BCUT2D eigenvalue weighted by atomic mass is 10.1. The van der Waals surface area contributed by atoms with E-state index in [9.17, 15) is 4.79 Å².